The highest BCUT2D eigenvalue weighted by Crippen LogP contribution is 2.37. The number of nitrogen functional groups attached to an aromatic ring is 1. The van der Waals surface area contributed by atoms with Crippen molar-refractivity contribution in [3.8, 4) is 11.1 Å². The fraction of sp³-hybridized carbons (Fsp3) is 0.333. The minimum absolute atomic E-state index is 0.182. The molecule has 1 unspecified atom stereocenters. The van der Waals surface area contributed by atoms with Crippen molar-refractivity contribution in [2.45, 2.75) is 38.8 Å². The number of nitrogens with zero attached hydrogens (tertiary/aromatic N) is 5. The zero-order valence-corrected chi connectivity index (χ0v) is 16.6. The van der Waals surface area contributed by atoms with E-state index in [2.05, 4.69) is 31.8 Å². The Morgan fingerprint density at radius 3 is 2.57 bits per heavy atom. The maximum atomic E-state index is 6.05. The average Bonchev–Trinajstić information content (AvgIpc) is 3.17. The second-order valence-corrected chi connectivity index (χ2v) is 7.46. The van der Waals surface area contributed by atoms with E-state index in [0.29, 0.717) is 11.0 Å². The van der Waals surface area contributed by atoms with Crippen molar-refractivity contribution in [2.24, 2.45) is 0 Å². The fourth-order valence-corrected chi connectivity index (χ4v) is 3.85. The van der Waals surface area contributed by atoms with Gasteiger partial charge in [0.25, 0.3) is 0 Å². The summed E-state index contributed by atoms with van der Waals surface area (Å²) in [5.74, 6) is 1.17. The van der Waals surface area contributed by atoms with Gasteiger partial charge in [0, 0.05) is 47.7 Å². The van der Waals surface area contributed by atoms with Crippen molar-refractivity contribution in [1.82, 2.24) is 24.8 Å². The van der Waals surface area contributed by atoms with Crippen LogP contribution in [0.4, 0.5) is 5.95 Å². The van der Waals surface area contributed by atoms with Gasteiger partial charge in [0.1, 0.15) is 5.82 Å². The fourth-order valence-electron chi connectivity index (χ4n) is 3.72. The molecule has 28 heavy (non-hydrogen) atoms. The number of hydrogen-bond donors (Lipinski definition) is 1. The number of anilines is 1. The SMILES string of the molecule is CCc1ncc(CN2CCCC2c2nc(N)ncc2-c2ccc(Cl)cc2)cn1. The highest BCUT2D eigenvalue weighted by molar-refractivity contribution is 6.30. The van der Waals surface area contributed by atoms with Crippen LogP contribution in [0, 0.1) is 0 Å². The number of aryl methyl sites for hydroxylation is 1. The Bertz CT molecular complexity index is 942. The molecule has 1 aliphatic heterocycles. The number of benzene rings is 1. The summed E-state index contributed by atoms with van der Waals surface area (Å²) in [4.78, 5) is 20.1. The second-order valence-electron chi connectivity index (χ2n) is 7.02. The number of rotatable bonds is 5. The maximum absolute atomic E-state index is 6.05. The molecular weight excluding hydrogens is 372 g/mol. The first-order valence-electron chi connectivity index (χ1n) is 9.56. The summed E-state index contributed by atoms with van der Waals surface area (Å²) in [7, 11) is 0. The average molecular weight is 395 g/mol. The molecule has 3 heterocycles. The first-order valence-corrected chi connectivity index (χ1v) is 9.94. The van der Waals surface area contributed by atoms with Gasteiger partial charge >= 0.3 is 0 Å². The lowest BCUT2D eigenvalue weighted by molar-refractivity contribution is 0.244. The second kappa shape index (κ2) is 8.20. The lowest BCUT2D eigenvalue weighted by Gasteiger charge is -2.25. The van der Waals surface area contributed by atoms with Gasteiger partial charge < -0.3 is 5.73 Å². The monoisotopic (exact) mass is 394 g/mol. The minimum atomic E-state index is 0.182. The molecule has 1 aliphatic rings. The summed E-state index contributed by atoms with van der Waals surface area (Å²) in [6.45, 7) is 3.85. The van der Waals surface area contributed by atoms with Crippen molar-refractivity contribution in [2.75, 3.05) is 12.3 Å². The first kappa shape index (κ1) is 18.8. The van der Waals surface area contributed by atoms with Crippen LogP contribution in [0.5, 0.6) is 0 Å². The Kier molecular flexibility index (Phi) is 5.50. The van der Waals surface area contributed by atoms with Crippen LogP contribution in [0.3, 0.4) is 0 Å². The lowest BCUT2D eigenvalue weighted by Crippen LogP contribution is -2.24. The Balaban J connectivity index is 1.64. The normalized spacial score (nSPS) is 17.1. The van der Waals surface area contributed by atoms with Gasteiger partial charge in [0.05, 0.1) is 11.7 Å². The van der Waals surface area contributed by atoms with Gasteiger partial charge in [-0.05, 0) is 37.1 Å². The van der Waals surface area contributed by atoms with Crippen LogP contribution in [-0.4, -0.2) is 31.4 Å². The van der Waals surface area contributed by atoms with Crippen LogP contribution < -0.4 is 5.73 Å². The predicted molar refractivity (Wildman–Crippen MR) is 111 cm³/mol. The summed E-state index contributed by atoms with van der Waals surface area (Å²) in [6.07, 6.45) is 8.66. The molecule has 1 fully saturated rings. The highest BCUT2D eigenvalue weighted by Gasteiger charge is 2.30. The highest BCUT2D eigenvalue weighted by atomic mass is 35.5. The first-order chi connectivity index (χ1) is 13.6. The quantitative estimate of drug-likeness (QED) is 0.702. The summed E-state index contributed by atoms with van der Waals surface area (Å²) >= 11 is 6.05. The molecule has 6 nitrogen and oxygen atoms in total. The summed E-state index contributed by atoms with van der Waals surface area (Å²) in [6, 6.07) is 7.95. The maximum Gasteiger partial charge on any atom is 0.220 e. The van der Waals surface area contributed by atoms with Crippen molar-refractivity contribution < 1.29 is 0 Å². The van der Waals surface area contributed by atoms with Gasteiger partial charge in [0.15, 0.2) is 0 Å². The number of nitrogens with two attached hydrogens (primary N) is 1. The van der Waals surface area contributed by atoms with Crippen LogP contribution in [0.15, 0.2) is 42.9 Å². The van der Waals surface area contributed by atoms with Gasteiger partial charge in [-0.2, -0.15) is 0 Å². The zero-order valence-electron chi connectivity index (χ0n) is 15.8. The van der Waals surface area contributed by atoms with Crippen LogP contribution >= 0.6 is 11.6 Å². The smallest absolute Gasteiger partial charge is 0.220 e. The summed E-state index contributed by atoms with van der Waals surface area (Å²) < 4.78 is 0. The Labute approximate surface area is 169 Å². The van der Waals surface area contributed by atoms with E-state index in [9.17, 15) is 0 Å². The van der Waals surface area contributed by atoms with Gasteiger partial charge in [-0.1, -0.05) is 30.7 Å². The number of likely N-dealkylation sites (tertiary alicyclic amines) is 1. The van der Waals surface area contributed by atoms with E-state index >= 15 is 0 Å². The van der Waals surface area contributed by atoms with Crippen molar-refractivity contribution >= 4 is 17.5 Å². The molecule has 2 aromatic heterocycles. The number of aromatic nitrogens is 4. The molecule has 0 spiro atoms. The van der Waals surface area contributed by atoms with Crippen LogP contribution in [0.2, 0.25) is 5.02 Å². The molecule has 0 amide bonds. The van der Waals surface area contributed by atoms with E-state index in [0.717, 1.165) is 60.6 Å². The molecule has 1 aromatic carbocycles. The predicted octanol–water partition coefficient (Wildman–Crippen LogP) is 4.07. The topological polar surface area (TPSA) is 80.8 Å². The number of halogens is 1. The van der Waals surface area contributed by atoms with Gasteiger partial charge in [-0.25, -0.2) is 19.9 Å². The molecule has 1 saturated heterocycles. The molecule has 2 N–H and O–H groups in total. The largest absolute Gasteiger partial charge is 0.368 e. The van der Waals surface area contributed by atoms with E-state index in [4.69, 9.17) is 17.3 Å². The molecule has 7 heteroatoms. The van der Waals surface area contributed by atoms with Gasteiger partial charge in [0.2, 0.25) is 5.95 Å². The van der Waals surface area contributed by atoms with Crippen LogP contribution in [-0.2, 0) is 13.0 Å². The Morgan fingerprint density at radius 1 is 1.11 bits per heavy atom. The summed E-state index contributed by atoms with van der Waals surface area (Å²) in [5, 5.41) is 0.708. The van der Waals surface area contributed by atoms with E-state index in [1.54, 1.807) is 0 Å². The van der Waals surface area contributed by atoms with Crippen molar-refractivity contribution in [3.05, 3.63) is 65.0 Å². The molecule has 3 aromatic rings. The molecule has 1 atom stereocenters. The van der Waals surface area contributed by atoms with Gasteiger partial charge in [-0.3, -0.25) is 4.90 Å². The minimum Gasteiger partial charge on any atom is -0.368 e. The molecule has 0 saturated carbocycles. The van der Waals surface area contributed by atoms with E-state index in [1.165, 1.54) is 0 Å². The molecule has 4 rings (SSSR count). The zero-order chi connectivity index (χ0) is 19.5. The van der Waals surface area contributed by atoms with Gasteiger partial charge in [-0.15, -0.1) is 0 Å². The molecule has 144 valence electrons. The van der Waals surface area contributed by atoms with E-state index in [-0.39, 0.29) is 6.04 Å². The lowest BCUT2D eigenvalue weighted by atomic mass is 10.00. The third kappa shape index (κ3) is 3.98. The Morgan fingerprint density at radius 2 is 1.86 bits per heavy atom. The molecule has 0 bridgehead atoms. The molecule has 0 radical (unpaired) electrons. The van der Waals surface area contributed by atoms with Crippen molar-refractivity contribution in [1.29, 1.82) is 0 Å². The van der Waals surface area contributed by atoms with Crippen LogP contribution in [0.1, 0.15) is 42.9 Å². The van der Waals surface area contributed by atoms with Crippen molar-refractivity contribution in [3.63, 3.8) is 0 Å². The van der Waals surface area contributed by atoms with E-state index in [1.807, 2.05) is 42.9 Å². The van der Waals surface area contributed by atoms with E-state index < -0.39 is 0 Å². The standard InChI is InChI=1S/C21H23ClN6/c1-2-19-24-10-14(11-25-19)13-28-9-3-4-18(28)20-17(12-26-21(23)27-20)15-5-7-16(22)8-6-15/h5-8,10-12,18H,2-4,9,13H2,1H3,(H2,23,26,27). The summed E-state index contributed by atoms with van der Waals surface area (Å²) in [5.41, 5.74) is 10.1. The molecule has 0 aliphatic carbocycles. The Hall–Kier alpha value is -2.57. The number of hydrogen-bond acceptors (Lipinski definition) is 6. The third-order valence-corrected chi connectivity index (χ3v) is 5.38. The third-order valence-electron chi connectivity index (χ3n) is 5.13. The molecular formula is C21H23ClN6. The van der Waals surface area contributed by atoms with Crippen LogP contribution in [0.25, 0.3) is 11.1 Å².